The molecule has 0 saturated heterocycles. The van der Waals surface area contributed by atoms with Gasteiger partial charge in [-0.2, -0.15) is 0 Å². The lowest BCUT2D eigenvalue weighted by Crippen LogP contribution is -2.25. The number of anilines is 1. The van der Waals surface area contributed by atoms with Crippen LogP contribution in [-0.2, 0) is 16.1 Å². The van der Waals surface area contributed by atoms with Gasteiger partial charge in [0.25, 0.3) is 0 Å². The standard InChI is InChI=1S/C19H28F2N2O3/c1-5-25-17(24)15-13(11-26-18(2,3)4)10-14(23-16(15)22)12-6-8-19(20,21)9-7-12/h10,12H,5-9,11H2,1-4H3,(H2,22,23). The van der Waals surface area contributed by atoms with Crippen LogP contribution in [0, 0.1) is 0 Å². The third kappa shape index (κ3) is 5.37. The molecule has 5 nitrogen and oxygen atoms in total. The highest BCUT2D eigenvalue weighted by Crippen LogP contribution is 2.41. The van der Waals surface area contributed by atoms with Crippen molar-refractivity contribution in [2.24, 2.45) is 0 Å². The first-order chi connectivity index (χ1) is 12.0. The number of ether oxygens (including phenoxy) is 2. The van der Waals surface area contributed by atoms with Gasteiger partial charge in [-0.15, -0.1) is 0 Å². The molecule has 0 amide bonds. The van der Waals surface area contributed by atoms with Crippen molar-refractivity contribution in [3.05, 3.63) is 22.9 Å². The lowest BCUT2D eigenvalue weighted by molar-refractivity contribution is -0.0385. The van der Waals surface area contributed by atoms with Crippen molar-refractivity contribution >= 4 is 11.8 Å². The number of carbonyl (C=O) groups is 1. The number of carbonyl (C=O) groups excluding carboxylic acids is 1. The Kier molecular flexibility index (Phi) is 6.21. The summed E-state index contributed by atoms with van der Waals surface area (Å²) in [5.74, 6) is -3.19. The van der Waals surface area contributed by atoms with Crippen LogP contribution in [0.15, 0.2) is 6.07 Å². The Morgan fingerprint density at radius 3 is 2.50 bits per heavy atom. The topological polar surface area (TPSA) is 74.4 Å². The number of nitrogen functional groups attached to an aromatic ring is 1. The van der Waals surface area contributed by atoms with Gasteiger partial charge in [0.1, 0.15) is 11.4 Å². The van der Waals surface area contributed by atoms with Crippen molar-refractivity contribution in [3.63, 3.8) is 0 Å². The number of halogens is 2. The van der Waals surface area contributed by atoms with Crippen molar-refractivity contribution in [3.8, 4) is 0 Å². The van der Waals surface area contributed by atoms with E-state index >= 15 is 0 Å². The van der Waals surface area contributed by atoms with Crippen LogP contribution in [-0.4, -0.2) is 29.1 Å². The summed E-state index contributed by atoms with van der Waals surface area (Å²) in [6.45, 7) is 7.82. The van der Waals surface area contributed by atoms with Crippen molar-refractivity contribution in [1.29, 1.82) is 0 Å². The molecule has 1 aromatic rings. The smallest absolute Gasteiger partial charge is 0.342 e. The predicted molar refractivity (Wildman–Crippen MR) is 95.3 cm³/mol. The highest BCUT2D eigenvalue weighted by atomic mass is 19.3. The maximum absolute atomic E-state index is 13.4. The van der Waals surface area contributed by atoms with Gasteiger partial charge in [-0.3, -0.25) is 0 Å². The molecule has 0 aromatic carbocycles. The summed E-state index contributed by atoms with van der Waals surface area (Å²) in [7, 11) is 0. The Labute approximate surface area is 153 Å². The molecule has 0 radical (unpaired) electrons. The predicted octanol–water partition coefficient (Wildman–Crippen LogP) is 4.45. The Morgan fingerprint density at radius 1 is 1.35 bits per heavy atom. The zero-order chi connectivity index (χ0) is 19.5. The molecule has 1 saturated carbocycles. The fourth-order valence-electron chi connectivity index (χ4n) is 3.03. The third-order valence-corrected chi connectivity index (χ3v) is 4.42. The van der Waals surface area contributed by atoms with E-state index in [0.29, 0.717) is 24.1 Å². The molecule has 0 atom stereocenters. The summed E-state index contributed by atoms with van der Waals surface area (Å²) in [6, 6.07) is 1.75. The van der Waals surface area contributed by atoms with Crippen molar-refractivity contribution in [2.45, 2.75) is 77.4 Å². The number of nitrogens with zero attached hydrogens (tertiary/aromatic N) is 1. The van der Waals surface area contributed by atoms with E-state index < -0.39 is 17.5 Å². The molecule has 1 aliphatic carbocycles. The SMILES string of the molecule is CCOC(=O)c1c(COC(C)(C)C)cc(C2CCC(F)(F)CC2)nc1N. The number of hydrogen-bond donors (Lipinski definition) is 1. The van der Waals surface area contributed by atoms with Crippen LogP contribution < -0.4 is 5.73 Å². The van der Waals surface area contributed by atoms with Crippen molar-refractivity contribution < 1.29 is 23.0 Å². The molecule has 2 rings (SSSR count). The molecule has 0 bridgehead atoms. The minimum absolute atomic E-state index is 0.0609. The number of pyridine rings is 1. The molecule has 1 fully saturated rings. The van der Waals surface area contributed by atoms with Gasteiger partial charge < -0.3 is 15.2 Å². The summed E-state index contributed by atoms with van der Waals surface area (Å²) in [4.78, 5) is 16.6. The summed E-state index contributed by atoms with van der Waals surface area (Å²) < 4.78 is 37.7. The van der Waals surface area contributed by atoms with Crippen LogP contribution in [0.3, 0.4) is 0 Å². The monoisotopic (exact) mass is 370 g/mol. The Hall–Kier alpha value is -1.76. The van der Waals surface area contributed by atoms with E-state index in [2.05, 4.69) is 4.98 Å². The Balaban J connectivity index is 2.34. The van der Waals surface area contributed by atoms with Gasteiger partial charge >= 0.3 is 5.97 Å². The molecule has 1 aromatic heterocycles. The average molecular weight is 370 g/mol. The molecule has 0 spiro atoms. The number of nitrogens with two attached hydrogens (primary N) is 1. The maximum Gasteiger partial charge on any atom is 0.342 e. The molecule has 0 aliphatic heterocycles. The number of aromatic nitrogens is 1. The first-order valence-electron chi connectivity index (χ1n) is 9.00. The fraction of sp³-hybridized carbons (Fsp3) is 0.684. The number of hydrogen-bond acceptors (Lipinski definition) is 5. The summed E-state index contributed by atoms with van der Waals surface area (Å²) in [5, 5.41) is 0. The van der Waals surface area contributed by atoms with Gasteiger partial charge in [-0.1, -0.05) is 0 Å². The molecule has 26 heavy (non-hydrogen) atoms. The van der Waals surface area contributed by atoms with Gasteiger partial charge in [-0.25, -0.2) is 18.6 Å². The lowest BCUT2D eigenvalue weighted by atomic mass is 9.84. The van der Waals surface area contributed by atoms with Gasteiger partial charge in [0.05, 0.1) is 18.8 Å². The molecule has 7 heteroatoms. The molecular formula is C19H28F2N2O3. The average Bonchev–Trinajstić information content (AvgIpc) is 2.51. The minimum atomic E-state index is -2.61. The molecule has 0 unspecified atom stereocenters. The highest BCUT2D eigenvalue weighted by Gasteiger charge is 2.36. The second-order valence-corrected chi connectivity index (χ2v) is 7.72. The van der Waals surface area contributed by atoms with Crippen LogP contribution in [0.2, 0.25) is 0 Å². The van der Waals surface area contributed by atoms with Gasteiger partial charge in [0.2, 0.25) is 5.92 Å². The molecule has 1 heterocycles. The second-order valence-electron chi connectivity index (χ2n) is 7.72. The molecule has 146 valence electrons. The number of rotatable bonds is 5. The van der Waals surface area contributed by atoms with E-state index in [1.165, 1.54) is 0 Å². The van der Waals surface area contributed by atoms with Crippen LogP contribution in [0.1, 0.15) is 80.9 Å². The quantitative estimate of drug-likeness (QED) is 0.775. The van der Waals surface area contributed by atoms with E-state index in [-0.39, 0.29) is 43.4 Å². The minimum Gasteiger partial charge on any atom is -0.462 e. The van der Waals surface area contributed by atoms with Crippen LogP contribution in [0.25, 0.3) is 0 Å². The second kappa shape index (κ2) is 7.86. The summed E-state index contributed by atoms with van der Waals surface area (Å²) in [5.41, 5.74) is 7.05. The normalized spacial score (nSPS) is 17.9. The summed E-state index contributed by atoms with van der Waals surface area (Å²) in [6.07, 6.45) is 0.370. The van der Waals surface area contributed by atoms with Crippen molar-refractivity contribution in [1.82, 2.24) is 4.98 Å². The van der Waals surface area contributed by atoms with Gasteiger partial charge in [0, 0.05) is 24.5 Å². The first-order valence-corrected chi connectivity index (χ1v) is 9.00. The zero-order valence-corrected chi connectivity index (χ0v) is 15.9. The highest BCUT2D eigenvalue weighted by molar-refractivity contribution is 5.95. The van der Waals surface area contributed by atoms with Crippen LogP contribution in [0.5, 0.6) is 0 Å². The third-order valence-electron chi connectivity index (χ3n) is 4.42. The molecule has 1 aliphatic rings. The van der Waals surface area contributed by atoms with Crippen LogP contribution >= 0.6 is 0 Å². The van der Waals surface area contributed by atoms with Crippen LogP contribution in [0.4, 0.5) is 14.6 Å². The van der Waals surface area contributed by atoms with Crippen molar-refractivity contribution in [2.75, 3.05) is 12.3 Å². The molecular weight excluding hydrogens is 342 g/mol. The lowest BCUT2D eigenvalue weighted by Gasteiger charge is -2.28. The molecule has 2 N–H and O–H groups in total. The zero-order valence-electron chi connectivity index (χ0n) is 15.9. The van der Waals surface area contributed by atoms with Gasteiger partial charge in [-0.05, 0) is 52.2 Å². The fourth-order valence-corrected chi connectivity index (χ4v) is 3.03. The van der Waals surface area contributed by atoms with E-state index in [4.69, 9.17) is 15.2 Å². The first kappa shape index (κ1) is 20.6. The largest absolute Gasteiger partial charge is 0.462 e. The maximum atomic E-state index is 13.4. The van der Waals surface area contributed by atoms with E-state index in [9.17, 15) is 13.6 Å². The summed E-state index contributed by atoms with van der Waals surface area (Å²) >= 11 is 0. The van der Waals surface area contributed by atoms with E-state index in [1.54, 1.807) is 13.0 Å². The Morgan fingerprint density at radius 2 is 1.96 bits per heavy atom. The van der Waals surface area contributed by atoms with E-state index in [1.807, 2.05) is 20.8 Å². The number of alkyl halides is 2. The number of esters is 1. The van der Waals surface area contributed by atoms with E-state index in [0.717, 1.165) is 0 Å². The van der Waals surface area contributed by atoms with Gasteiger partial charge in [0.15, 0.2) is 0 Å². The Bertz CT molecular complexity index is 647.